The van der Waals surface area contributed by atoms with Crippen LogP contribution in [0.15, 0.2) is 42.5 Å². The standard InChI is InChI=1S/C20H20O6/c1-20(2,25)19-18(24)16-15(26-19)10-8-13(17(16)23)14(22)9-5-11-3-6-12(21)7-4-11/h3-10,18-19,21,23-25H,1-2H3/t18-,19-/m0/s1. The van der Waals surface area contributed by atoms with Gasteiger partial charge >= 0.3 is 0 Å². The molecule has 0 spiro atoms. The molecule has 26 heavy (non-hydrogen) atoms. The van der Waals surface area contributed by atoms with E-state index in [1.54, 1.807) is 18.2 Å². The second kappa shape index (κ2) is 6.48. The molecule has 2 aromatic carbocycles. The maximum absolute atomic E-state index is 12.4. The molecule has 0 unspecified atom stereocenters. The monoisotopic (exact) mass is 356 g/mol. The van der Waals surface area contributed by atoms with Crippen LogP contribution in [0, 0.1) is 0 Å². The van der Waals surface area contributed by atoms with Crippen molar-refractivity contribution in [2.75, 3.05) is 0 Å². The summed E-state index contributed by atoms with van der Waals surface area (Å²) in [7, 11) is 0. The highest BCUT2D eigenvalue weighted by Crippen LogP contribution is 2.46. The molecule has 0 saturated heterocycles. The van der Waals surface area contributed by atoms with E-state index in [1.807, 2.05) is 0 Å². The molecule has 6 nitrogen and oxygen atoms in total. The number of aromatic hydroxyl groups is 2. The first kappa shape index (κ1) is 18.0. The molecule has 0 aromatic heterocycles. The number of hydrogen-bond acceptors (Lipinski definition) is 6. The number of carbonyl (C=O) groups excluding carboxylic acids is 1. The van der Waals surface area contributed by atoms with E-state index >= 15 is 0 Å². The average Bonchev–Trinajstić information content (AvgIpc) is 2.92. The maximum atomic E-state index is 12.4. The fraction of sp³-hybridized carbons (Fsp3) is 0.250. The van der Waals surface area contributed by atoms with Crippen LogP contribution in [0.5, 0.6) is 17.2 Å². The second-order valence-corrected chi connectivity index (χ2v) is 6.80. The summed E-state index contributed by atoms with van der Waals surface area (Å²) in [5.74, 6) is -0.444. The molecule has 1 heterocycles. The van der Waals surface area contributed by atoms with Crippen molar-refractivity contribution < 1.29 is 30.0 Å². The fourth-order valence-corrected chi connectivity index (χ4v) is 2.91. The van der Waals surface area contributed by atoms with Crippen molar-refractivity contribution in [2.45, 2.75) is 31.7 Å². The molecule has 2 atom stereocenters. The summed E-state index contributed by atoms with van der Waals surface area (Å²) in [4.78, 5) is 12.4. The first-order valence-corrected chi connectivity index (χ1v) is 8.13. The number of ketones is 1. The minimum Gasteiger partial charge on any atom is -0.508 e. The van der Waals surface area contributed by atoms with Crippen molar-refractivity contribution >= 4 is 11.9 Å². The Balaban J connectivity index is 1.88. The molecule has 0 amide bonds. The number of rotatable bonds is 4. The minimum atomic E-state index is -1.33. The average molecular weight is 356 g/mol. The normalized spacial score (nSPS) is 19.4. The molecule has 0 aliphatic carbocycles. The molecule has 2 aromatic rings. The lowest BCUT2D eigenvalue weighted by atomic mass is 9.92. The summed E-state index contributed by atoms with van der Waals surface area (Å²) >= 11 is 0. The van der Waals surface area contributed by atoms with Crippen molar-refractivity contribution in [3.63, 3.8) is 0 Å². The molecule has 0 bridgehead atoms. The predicted octanol–water partition coefficient (Wildman–Crippen LogP) is 2.56. The van der Waals surface area contributed by atoms with Gasteiger partial charge in [0.2, 0.25) is 0 Å². The number of phenols is 2. The van der Waals surface area contributed by atoms with E-state index in [-0.39, 0.29) is 28.4 Å². The van der Waals surface area contributed by atoms with Crippen LogP contribution in [0.25, 0.3) is 6.08 Å². The Morgan fingerprint density at radius 1 is 1.12 bits per heavy atom. The van der Waals surface area contributed by atoms with Gasteiger partial charge in [-0.25, -0.2) is 0 Å². The zero-order valence-corrected chi connectivity index (χ0v) is 14.4. The highest BCUT2D eigenvalue weighted by molar-refractivity contribution is 6.09. The van der Waals surface area contributed by atoms with Crippen molar-refractivity contribution in [1.29, 1.82) is 0 Å². The smallest absolute Gasteiger partial charge is 0.189 e. The van der Waals surface area contributed by atoms with Crippen LogP contribution in [0.3, 0.4) is 0 Å². The van der Waals surface area contributed by atoms with E-state index in [2.05, 4.69) is 0 Å². The number of ether oxygens (including phenoxy) is 1. The van der Waals surface area contributed by atoms with Gasteiger partial charge in [0.1, 0.15) is 23.4 Å². The lowest BCUT2D eigenvalue weighted by Crippen LogP contribution is -2.41. The molecule has 0 saturated carbocycles. The first-order chi connectivity index (χ1) is 12.2. The van der Waals surface area contributed by atoms with Crippen molar-refractivity contribution in [1.82, 2.24) is 0 Å². The van der Waals surface area contributed by atoms with Gasteiger partial charge in [-0.1, -0.05) is 18.2 Å². The van der Waals surface area contributed by atoms with E-state index < -0.39 is 23.6 Å². The molecule has 6 heteroatoms. The number of carbonyl (C=O) groups is 1. The van der Waals surface area contributed by atoms with Gasteiger partial charge in [-0.15, -0.1) is 0 Å². The zero-order valence-electron chi connectivity index (χ0n) is 14.4. The van der Waals surface area contributed by atoms with Crippen LogP contribution in [-0.2, 0) is 0 Å². The lowest BCUT2D eigenvalue weighted by molar-refractivity contribution is -0.0764. The minimum absolute atomic E-state index is 0.0258. The van der Waals surface area contributed by atoms with Gasteiger partial charge in [-0.05, 0) is 49.8 Å². The Hall–Kier alpha value is -2.83. The van der Waals surface area contributed by atoms with E-state index in [0.717, 1.165) is 0 Å². The fourth-order valence-electron chi connectivity index (χ4n) is 2.91. The number of hydrogen-bond donors (Lipinski definition) is 4. The van der Waals surface area contributed by atoms with Crippen molar-refractivity contribution in [3.05, 3.63) is 59.2 Å². The summed E-state index contributed by atoms with van der Waals surface area (Å²) in [6.07, 6.45) is 0.657. The predicted molar refractivity (Wildman–Crippen MR) is 95.3 cm³/mol. The molecule has 0 radical (unpaired) electrons. The largest absolute Gasteiger partial charge is 0.508 e. The van der Waals surface area contributed by atoms with E-state index in [1.165, 1.54) is 44.2 Å². The number of fused-ring (bicyclic) bond motifs is 1. The Labute approximate surface area is 150 Å². The zero-order chi connectivity index (χ0) is 19.1. The Morgan fingerprint density at radius 2 is 1.77 bits per heavy atom. The molecule has 4 N–H and O–H groups in total. The van der Waals surface area contributed by atoms with E-state index in [4.69, 9.17) is 4.74 Å². The third-order valence-corrected chi connectivity index (χ3v) is 4.30. The second-order valence-electron chi connectivity index (χ2n) is 6.80. The number of benzene rings is 2. The van der Waals surface area contributed by atoms with Gasteiger partial charge in [-0.2, -0.15) is 0 Å². The Bertz CT molecular complexity index is 861. The lowest BCUT2D eigenvalue weighted by Gasteiger charge is -2.27. The van der Waals surface area contributed by atoms with Crippen LogP contribution in [0.4, 0.5) is 0 Å². The molecule has 0 fully saturated rings. The van der Waals surface area contributed by atoms with Crippen LogP contribution in [-0.4, -0.2) is 37.9 Å². The van der Waals surface area contributed by atoms with Gasteiger partial charge in [-0.3, -0.25) is 4.79 Å². The summed E-state index contributed by atoms with van der Waals surface area (Å²) < 4.78 is 5.53. The third kappa shape index (κ3) is 3.29. The number of allylic oxidation sites excluding steroid dienone is 1. The first-order valence-electron chi connectivity index (χ1n) is 8.13. The molecular weight excluding hydrogens is 336 g/mol. The van der Waals surface area contributed by atoms with Crippen molar-refractivity contribution in [3.8, 4) is 17.2 Å². The SMILES string of the molecule is CC(C)(O)[C@H]1Oc2ccc(C(=O)C=Cc3ccc(O)cc3)c(O)c2[C@@H]1O. The summed E-state index contributed by atoms with van der Waals surface area (Å²) in [6, 6.07) is 9.20. The summed E-state index contributed by atoms with van der Waals surface area (Å²) in [5, 5.41) is 40.2. The molecule has 1 aliphatic heterocycles. The van der Waals surface area contributed by atoms with Crippen molar-refractivity contribution in [2.24, 2.45) is 0 Å². The number of aliphatic hydroxyl groups excluding tert-OH is 1. The van der Waals surface area contributed by atoms with Gasteiger partial charge in [0.25, 0.3) is 0 Å². The Kier molecular flexibility index (Phi) is 4.48. The topological polar surface area (TPSA) is 107 Å². The summed E-state index contributed by atoms with van der Waals surface area (Å²) in [5.41, 5.74) is -0.491. The molecule has 136 valence electrons. The van der Waals surface area contributed by atoms with E-state index in [0.29, 0.717) is 5.56 Å². The van der Waals surface area contributed by atoms with E-state index in [9.17, 15) is 25.2 Å². The third-order valence-electron chi connectivity index (χ3n) is 4.30. The molecule has 3 rings (SSSR count). The highest BCUT2D eigenvalue weighted by Gasteiger charge is 2.44. The van der Waals surface area contributed by atoms with Gasteiger partial charge in [0, 0.05) is 0 Å². The van der Waals surface area contributed by atoms with Crippen LogP contribution < -0.4 is 4.74 Å². The Morgan fingerprint density at radius 3 is 2.38 bits per heavy atom. The summed E-state index contributed by atoms with van der Waals surface area (Å²) in [6.45, 7) is 2.99. The highest BCUT2D eigenvalue weighted by atomic mass is 16.5. The van der Waals surface area contributed by atoms with Crippen LogP contribution in [0.2, 0.25) is 0 Å². The van der Waals surface area contributed by atoms with Gasteiger partial charge in [0.05, 0.1) is 16.7 Å². The van der Waals surface area contributed by atoms with Crippen LogP contribution in [0.1, 0.15) is 41.4 Å². The number of phenolic OH excluding ortho intramolecular Hbond substituents is 2. The quantitative estimate of drug-likeness (QED) is 0.495. The number of aliphatic hydroxyl groups is 2. The van der Waals surface area contributed by atoms with Gasteiger partial charge in [0.15, 0.2) is 11.9 Å². The van der Waals surface area contributed by atoms with Crippen LogP contribution >= 0.6 is 0 Å². The molecular formula is C20H20O6. The van der Waals surface area contributed by atoms with Gasteiger partial charge < -0.3 is 25.2 Å². The molecule has 1 aliphatic rings. The maximum Gasteiger partial charge on any atom is 0.189 e.